The summed E-state index contributed by atoms with van der Waals surface area (Å²) >= 11 is 0. The monoisotopic (exact) mass is 305 g/mol. The Hall–Kier alpha value is -2.18. The van der Waals surface area contributed by atoms with Crippen LogP contribution in [0.25, 0.3) is 0 Å². The first-order valence-corrected chi connectivity index (χ1v) is 7.61. The van der Waals surface area contributed by atoms with Crippen molar-refractivity contribution in [3.05, 3.63) is 17.8 Å². The number of amides is 2. The molecule has 0 radical (unpaired) electrons. The van der Waals surface area contributed by atoms with E-state index in [9.17, 15) is 9.59 Å². The Kier molecular flexibility index (Phi) is 5.30. The molecule has 1 unspecified atom stereocenters. The molecule has 22 heavy (non-hydrogen) atoms. The molecule has 1 aromatic heterocycles. The fourth-order valence-corrected chi connectivity index (χ4v) is 2.81. The van der Waals surface area contributed by atoms with Gasteiger partial charge in [0.15, 0.2) is 5.69 Å². The Morgan fingerprint density at radius 3 is 2.77 bits per heavy atom. The quantitative estimate of drug-likeness (QED) is 0.893. The second-order valence-electron chi connectivity index (χ2n) is 5.72. The maximum atomic E-state index is 12.2. The van der Waals surface area contributed by atoms with Crippen molar-refractivity contribution in [3.8, 4) is 0 Å². The third kappa shape index (κ3) is 3.93. The van der Waals surface area contributed by atoms with Gasteiger partial charge in [-0.05, 0) is 37.8 Å². The summed E-state index contributed by atoms with van der Waals surface area (Å²) in [5, 5.41) is 7.50. The first kappa shape index (κ1) is 16.2. The van der Waals surface area contributed by atoms with Crippen LogP contribution in [0.2, 0.25) is 0 Å². The zero-order chi connectivity index (χ0) is 16.1. The van der Waals surface area contributed by atoms with Gasteiger partial charge in [0.05, 0.1) is 0 Å². The first-order chi connectivity index (χ1) is 10.5. The molecular weight excluding hydrogens is 282 g/mol. The normalized spacial score (nSPS) is 18.1. The summed E-state index contributed by atoms with van der Waals surface area (Å²) in [6, 6.07) is 3.36. The molecule has 7 nitrogen and oxygen atoms in total. The van der Waals surface area contributed by atoms with Gasteiger partial charge in [-0.1, -0.05) is 0 Å². The van der Waals surface area contributed by atoms with Gasteiger partial charge in [0.2, 0.25) is 5.91 Å². The van der Waals surface area contributed by atoms with Crippen LogP contribution in [-0.4, -0.2) is 58.0 Å². The van der Waals surface area contributed by atoms with Gasteiger partial charge in [-0.25, -0.2) is 0 Å². The minimum absolute atomic E-state index is 0.114. The standard InChI is InChI=1S/C15H23N5O2/c1-11(21)20-9-4-3-5-12(20)8-10-19(2)15(22)13-6-7-14(16)18-17-13/h6-7,12H,3-5,8-10H2,1-2H3,(H2,16,18). The van der Waals surface area contributed by atoms with Gasteiger partial charge in [0, 0.05) is 33.1 Å². The number of nitrogen functional groups attached to an aromatic ring is 1. The molecule has 1 aliphatic heterocycles. The van der Waals surface area contributed by atoms with Crippen molar-refractivity contribution >= 4 is 17.6 Å². The number of carbonyl (C=O) groups is 2. The molecule has 1 saturated heterocycles. The Balaban J connectivity index is 1.91. The number of piperidine rings is 1. The van der Waals surface area contributed by atoms with Crippen LogP contribution in [0.1, 0.15) is 43.1 Å². The summed E-state index contributed by atoms with van der Waals surface area (Å²) < 4.78 is 0. The maximum Gasteiger partial charge on any atom is 0.274 e. The van der Waals surface area contributed by atoms with Crippen molar-refractivity contribution in [1.29, 1.82) is 0 Å². The summed E-state index contributed by atoms with van der Waals surface area (Å²) in [7, 11) is 1.74. The molecule has 0 saturated carbocycles. The zero-order valence-electron chi connectivity index (χ0n) is 13.2. The van der Waals surface area contributed by atoms with E-state index in [1.807, 2.05) is 4.90 Å². The summed E-state index contributed by atoms with van der Waals surface area (Å²) in [6.07, 6.45) is 3.98. The number of hydrogen-bond acceptors (Lipinski definition) is 5. The fourth-order valence-electron chi connectivity index (χ4n) is 2.81. The van der Waals surface area contributed by atoms with Crippen molar-refractivity contribution < 1.29 is 9.59 Å². The molecule has 7 heteroatoms. The summed E-state index contributed by atoms with van der Waals surface area (Å²) in [4.78, 5) is 27.4. The highest BCUT2D eigenvalue weighted by molar-refractivity contribution is 5.92. The minimum atomic E-state index is -0.183. The van der Waals surface area contributed by atoms with Crippen molar-refractivity contribution in [3.63, 3.8) is 0 Å². The van der Waals surface area contributed by atoms with Crippen LogP contribution in [0.3, 0.4) is 0 Å². The number of anilines is 1. The summed E-state index contributed by atoms with van der Waals surface area (Å²) in [5.41, 5.74) is 5.75. The van der Waals surface area contributed by atoms with Gasteiger partial charge >= 0.3 is 0 Å². The van der Waals surface area contributed by atoms with E-state index in [4.69, 9.17) is 5.73 Å². The molecule has 2 amide bonds. The van der Waals surface area contributed by atoms with E-state index in [-0.39, 0.29) is 23.6 Å². The third-order valence-corrected chi connectivity index (χ3v) is 4.08. The zero-order valence-corrected chi connectivity index (χ0v) is 13.2. The third-order valence-electron chi connectivity index (χ3n) is 4.08. The molecule has 1 aliphatic rings. The van der Waals surface area contributed by atoms with Gasteiger partial charge in [-0.2, -0.15) is 0 Å². The Morgan fingerprint density at radius 2 is 2.14 bits per heavy atom. The van der Waals surface area contributed by atoms with E-state index in [2.05, 4.69) is 10.2 Å². The van der Waals surface area contributed by atoms with E-state index < -0.39 is 0 Å². The first-order valence-electron chi connectivity index (χ1n) is 7.61. The van der Waals surface area contributed by atoms with E-state index in [1.54, 1.807) is 31.0 Å². The smallest absolute Gasteiger partial charge is 0.274 e. The molecule has 0 aromatic carbocycles. The highest BCUT2D eigenvalue weighted by Gasteiger charge is 2.25. The number of likely N-dealkylation sites (tertiary alicyclic amines) is 1. The highest BCUT2D eigenvalue weighted by Crippen LogP contribution is 2.20. The summed E-state index contributed by atoms with van der Waals surface area (Å²) in [6.45, 7) is 3.01. The van der Waals surface area contributed by atoms with Crippen molar-refractivity contribution in [2.24, 2.45) is 0 Å². The average molecular weight is 305 g/mol. The average Bonchev–Trinajstić information content (AvgIpc) is 2.52. The number of nitrogens with two attached hydrogens (primary N) is 1. The van der Waals surface area contributed by atoms with Crippen LogP contribution in [0.4, 0.5) is 5.82 Å². The molecule has 1 fully saturated rings. The topological polar surface area (TPSA) is 92.4 Å². The van der Waals surface area contributed by atoms with E-state index in [0.29, 0.717) is 12.4 Å². The molecule has 2 rings (SSSR count). The van der Waals surface area contributed by atoms with Gasteiger partial charge in [0.1, 0.15) is 5.82 Å². The van der Waals surface area contributed by atoms with Crippen molar-refractivity contribution in [1.82, 2.24) is 20.0 Å². The summed E-state index contributed by atoms with van der Waals surface area (Å²) in [5.74, 6) is 0.222. The number of nitrogens with zero attached hydrogens (tertiary/aromatic N) is 4. The van der Waals surface area contributed by atoms with E-state index >= 15 is 0 Å². The van der Waals surface area contributed by atoms with Crippen LogP contribution in [0.5, 0.6) is 0 Å². The molecular formula is C15H23N5O2. The number of hydrogen-bond donors (Lipinski definition) is 1. The SMILES string of the molecule is CC(=O)N1CCCCC1CCN(C)C(=O)c1ccc(N)nn1. The fraction of sp³-hybridized carbons (Fsp3) is 0.600. The number of carbonyl (C=O) groups excluding carboxylic acids is 2. The molecule has 0 aliphatic carbocycles. The van der Waals surface area contributed by atoms with Gasteiger partial charge in [0.25, 0.3) is 5.91 Å². The molecule has 1 atom stereocenters. The largest absolute Gasteiger partial charge is 0.382 e. The Morgan fingerprint density at radius 1 is 1.36 bits per heavy atom. The second kappa shape index (κ2) is 7.20. The predicted molar refractivity (Wildman–Crippen MR) is 83.0 cm³/mol. The lowest BCUT2D eigenvalue weighted by atomic mass is 9.99. The Bertz CT molecular complexity index is 531. The minimum Gasteiger partial charge on any atom is -0.382 e. The van der Waals surface area contributed by atoms with Crippen molar-refractivity contribution in [2.45, 2.75) is 38.6 Å². The Labute approximate surface area is 130 Å². The number of aromatic nitrogens is 2. The van der Waals surface area contributed by atoms with Crippen LogP contribution in [0.15, 0.2) is 12.1 Å². The maximum absolute atomic E-state index is 12.2. The lowest BCUT2D eigenvalue weighted by Crippen LogP contribution is -2.44. The van der Waals surface area contributed by atoms with E-state index in [1.165, 1.54) is 0 Å². The lowest BCUT2D eigenvalue weighted by Gasteiger charge is -2.36. The molecule has 0 spiro atoms. The van der Waals surface area contributed by atoms with Crippen molar-refractivity contribution in [2.75, 3.05) is 25.9 Å². The van der Waals surface area contributed by atoms with Gasteiger partial charge < -0.3 is 15.5 Å². The number of rotatable bonds is 4. The molecule has 120 valence electrons. The predicted octanol–water partition coefficient (Wildman–Crippen LogP) is 0.922. The second-order valence-corrected chi connectivity index (χ2v) is 5.72. The van der Waals surface area contributed by atoms with Crippen LogP contribution < -0.4 is 5.73 Å². The van der Waals surface area contributed by atoms with Crippen LogP contribution in [-0.2, 0) is 4.79 Å². The van der Waals surface area contributed by atoms with Gasteiger partial charge in [-0.15, -0.1) is 10.2 Å². The van der Waals surface area contributed by atoms with Gasteiger partial charge in [-0.3, -0.25) is 9.59 Å². The molecule has 2 N–H and O–H groups in total. The highest BCUT2D eigenvalue weighted by atomic mass is 16.2. The van der Waals surface area contributed by atoms with Crippen LogP contribution >= 0.6 is 0 Å². The molecule has 1 aromatic rings. The lowest BCUT2D eigenvalue weighted by molar-refractivity contribution is -0.132. The van der Waals surface area contributed by atoms with E-state index in [0.717, 1.165) is 32.2 Å². The molecule has 0 bridgehead atoms. The molecule has 2 heterocycles. The van der Waals surface area contributed by atoms with Crippen LogP contribution in [0, 0.1) is 0 Å².